The number of anilines is 1. The van der Waals surface area contributed by atoms with Gasteiger partial charge in [-0.25, -0.2) is 0 Å². The smallest absolute Gasteiger partial charge is 0.231 e. The maximum absolute atomic E-state index is 10.7. The van der Waals surface area contributed by atoms with Crippen molar-refractivity contribution in [3.63, 3.8) is 0 Å². The number of aliphatic hydroxyl groups excluding tert-OH is 1. The molecular formula is C19H22N4O2. The van der Waals surface area contributed by atoms with Crippen molar-refractivity contribution in [2.75, 3.05) is 25.1 Å². The molecule has 1 aliphatic heterocycles. The fraction of sp³-hybridized carbons (Fsp3) is 0.368. The Morgan fingerprint density at radius 2 is 1.84 bits per heavy atom. The summed E-state index contributed by atoms with van der Waals surface area (Å²) in [6.07, 6.45) is 3.40. The Labute approximate surface area is 146 Å². The topological polar surface area (TPSA) is 62.9 Å². The fourth-order valence-corrected chi connectivity index (χ4v) is 3.53. The Morgan fingerprint density at radius 1 is 1.08 bits per heavy atom. The molecule has 1 unspecified atom stereocenters. The second-order valence-electron chi connectivity index (χ2n) is 6.47. The monoisotopic (exact) mass is 338 g/mol. The number of hydrogen-bond acceptors (Lipinski definition) is 5. The van der Waals surface area contributed by atoms with Gasteiger partial charge in [0.05, 0.1) is 13.2 Å². The maximum atomic E-state index is 10.7. The van der Waals surface area contributed by atoms with Gasteiger partial charge < -0.3 is 14.7 Å². The van der Waals surface area contributed by atoms with Gasteiger partial charge in [-0.15, -0.1) is 10.2 Å². The number of hydrogen-bond donors (Lipinski definition) is 1. The van der Waals surface area contributed by atoms with E-state index in [9.17, 15) is 5.11 Å². The second kappa shape index (κ2) is 6.72. The lowest BCUT2D eigenvalue weighted by Crippen LogP contribution is -2.36. The summed E-state index contributed by atoms with van der Waals surface area (Å²) in [6, 6.07) is 13.6. The average Bonchev–Trinajstić information content (AvgIpc) is 3.12. The molecule has 1 aliphatic rings. The van der Waals surface area contributed by atoms with Crippen LogP contribution in [0.2, 0.25) is 0 Å². The van der Waals surface area contributed by atoms with Gasteiger partial charge in [0.1, 0.15) is 5.75 Å². The molecule has 6 nitrogen and oxygen atoms in total. The predicted molar refractivity (Wildman–Crippen MR) is 95.9 cm³/mol. The van der Waals surface area contributed by atoms with Gasteiger partial charge in [-0.3, -0.25) is 4.40 Å². The third kappa shape index (κ3) is 3.05. The SMILES string of the molecule is COc1ccc(C(O)C2CCN(c3nnc4ccccn34)CC2)cc1. The van der Waals surface area contributed by atoms with Crippen LogP contribution in [-0.2, 0) is 0 Å². The van der Waals surface area contributed by atoms with Crippen LogP contribution in [0.4, 0.5) is 5.95 Å². The van der Waals surface area contributed by atoms with E-state index >= 15 is 0 Å². The molecule has 1 saturated heterocycles. The first-order valence-electron chi connectivity index (χ1n) is 8.63. The predicted octanol–water partition coefficient (Wildman–Crippen LogP) is 2.69. The largest absolute Gasteiger partial charge is 0.497 e. The fourth-order valence-electron chi connectivity index (χ4n) is 3.53. The molecule has 2 aromatic heterocycles. The molecule has 0 amide bonds. The molecule has 1 aromatic carbocycles. The van der Waals surface area contributed by atoms with Crippen molar-refractivity contribution >= 4 is 11.6 Å². The molecule has 25 heavy (non-hydrogen) atoms. The first-order chi connectivity index (χ1) is 12.3. The highest BCUT2D eigenvalue weighted by Crippen LogP contribution is 2.32. The molecule has 0 spiro atoms. The van der Waals surface area contributed by atoms with E-state index in [2.05, 4.69) is 15.1 Å². The lowest BCUT2D eigenvalue weighted by atomic mass is 9.87. The number of ether oxygens (including phenoxy) is 1. The Bertz CT molecular complexity index is 838. The van der Waals surface area contributed by atoms with Gasteiger partial charge in [-0.05, 0) is 48.6 Å². The summed E-state index contributed by atoms with van der Waals surface area (Å²) in [4.78, 5) is 2.25. The maximum Gasteiger partial charge on any atom is 0.231 e. The summed E-state index contributed by atoms with van der Waals surface area (Å²) in [7, 11) is 1.65. The van der Waals surface area contributed by atoms with E-state index in [1.165, 1.54) is 0 Å². The molecule has 1 N–H and O–H groups in total. The third-order valence-corrected chi connectivity index (χ3v) is 5.02. The Balaban J connectivity index is 1.44. The summed E-state index contributed by atoms with van der Waals surface area (Å²) in [5, 5.41) is 19.3. The number of methoxy groups -OCH3 is 1. The zero-order valence-corrected chi connectivity index (χ0v) is 14.2. The molecule has 6 heteroatoms. The van der Waals surface area contributed by atoms with E-state index < -0.39 is 6.10 Å². The van der Waals surface area contributed by atoms with Gasteiger partial charge in [0.25, 0.3) is 0 Å². The first-order valence-corrected chi connectivity index (χ1v) is 8.63. The van der Waals surface area contributed by atoms with Crippen molar-refractivity contribution in [2.45, 2.75) is 18.9 Å². The van der Waals surface area contributed by atoms with Crippen LogP contribution in [0.25, 0.3) is 5.65 Å². The summed E-state index contributed by atoms with van der Waals surface area (Å²) in [5.74, 6) is 1.95. The minimum absolute atomic E-state index is 0.254. The lowest BCUT2D eigenvalue weighted by molar-refractivity contribution is 0.0927. The van der Waals surface area contributed by atoms with E-state index in [0.717, 1.165) is 48.8 Å². The number of aliphatic hydroxyl groups is 1. The van der Waals surface area contributed by atoms with Gasteiger partial charge in [0.2, 0.25) is 5.95 Å². The van der Waals surface area contributed by atoms with Crippen molar-refractivity contribution in [1.82, 2.24) is 14.6 Å². The number of fused-ring (bicyclic) bond motifs is 1. The van der Waals surface area contributed by atoms with Crippen LogP contribution in [0.1, 0.15) is 24.5 Å². The number of benzene rings is 1. The molecule has 130 valence electrons. The average molecular weight is 338 g/mol. The molecular weight excluding hydrogens is 316 g/mol. The van der Waals surface area contributed by atoms with Gasteiger partial charge in [0.15, 0.2) is 5.65 Å². The summed E-state index contributed by atoms with van der Waals surface area (Å²) in [5.41, 5.74) is 1.81. The second-order valence-corrected chi connectivity index (χ2v) is 6.47. The van der Waals surface area contributed by atoms with E-state index in [0.29, 0.717) is 0 Å². The van der Waals surface area contributed by atoms with Crippen LogP contribution in [0.15, 0.2) is 48.7 Å². The molecule has 1 atom stereocenters. The van der Waals surface area contributed by atoms with Gasteiger partial charge in [-0.1, -0.05) is 18.2 Å². The quantitative estimate of drug-likeness (QED) is 0.792. The summed E-state index contributed by atoms with van der Waals surface area (Å²) < 4.78 is 7.20. The van der Waals surface area contributed by atoms with Crippen LogP contribution in [0.3, 0.4) is 0 Å². The van der Waals surface area contributed by atoms with Crippen molar-refractivity contribution < 1.29 is 9.84 Å². The summed E-state index contributed by atoms with van der Waals surface area (Å²) >= 11 is 0. The zero-order valence-electron chi connectivity index (χ0n) is 14.2. The number of aromatic nitrogens is 3. The van der Waals surface area contributed by atoms with Crippen LogP contribution < -0.4 is 9.64 Å². The molecule has 0 bridgehead atoms. The molecule has 0 aliphatic carbocycles. The van der Waals surface area contributed by atoms with Crippen molar-refractivity contribution in [1.29, 1.82) is 0 Å². The molecule has 0 radical (unpaired) electrons. The van der Waals surface area contributed by atoms with E-state index in [1.54, 1.807) is 7.11 Å². The lowest BCUT2D eigenvalue weighted by Gasteiger charge is -2.34. The minimum atomic E-state index is -0.441. The standard InChI is InChI=1S/C19H22N4O2/c1-25-16-7-5-14(6-8-16)18(24)15-9-12-22(13-10-15)19-21-20-17-4-2-3-11-23(17)19/h2-8,11,15,18,24H,9-10,12-13H2,1H3. The number of nitrogens with zero attached hydrogens (tertiary/aromatic N) is 4. The van der Waals surface area contributed by atoms with E-state index in [4.69, 9.17) is 4.74 Å². The Hall–Kier alpha value is -2.60. The highest BCUT2D eigenvalue weighted by atomic mass is 16.5. The van der Waals surface area contributed by atoms with E-state index in [-0.39, 0.29) is 5.92 Å². The Morgan fingerprint density at radius 3 is 2.56 bits per heavy atom. The van der Waals surface area contributed by atoms with Crippen LogP contribution in [-0.4, -0.2) is 39.9 Å². The molecule has 4 rings (SSSR count). The summed E-state index contributed by atoms with van der Waals surface area (Å²) in [6.45, 7) is 1.74. The molecule has 3 heterocycles. The highest BCUT2D eigenvalue weighted by molar-refractivity contribution is 5.46. The third-order valence-electron chi connectivity index (χ3n) is 5.02. The van der Waals surface area contributed by atoms with Gasteiger partial charge in [0, 0.05) is 19.3 Å². The number of pyridine rings is 1. The molecule has 0 saturated carbocycles. The van der Waals surface area contributed by atoms with Gasteiger partial charge >= 0.3 is 0 Å². The van der Waals surface area contributed by atoms with Crippen LogP contribution >= 0.6 is 0 Å². The molecule has 3 aromatic rings. The number of rotatable bonds is 4. The van der Waals surface area contributed by atoms with Crippen molar-refractivity contribution in [3.8, 4) is 5.75 Å². The molecule has 1 fully saturated rings. The normalized spacial score (nSPS) is 17.0. The Kier molecular flexibility index (Phi) is 4.28. The minimum Gasteiger partial charge on any atom is -0.497 e. The first kappa shape index (κ1) is 15.9. The van der Waals surface area contributed by atoms with Crippen LogP contribution in [0, 0.1) is 5.92 Å². The van der Waals surface area contributed by atoms with Crippen molar-refractivity contribution in [2.24, 2.45) is 5.92 Å². The van der Waals surface area contributed by atoms with E-state index in [1.807, 2.05) is 53.1 Å². The van der Waals surface area contributed by atoms with Crippen LogP contribution in [0.5, 0.6) is 5.75 Å². The zero-order chi connectivity index (χ0) is 17.2. The van der Waals surface area contributed by atoms with Gasteiger partial charge in [-0.2, -0.15) is 0 Å². The number of piperidine rings is 1. The highest BCUT2D eigenvalue weighted by Gasteiger charge is 2.28. The van der Waals surface area contributed by atoms with Crippen molar-refractivity contribution in [3.05, 3.63) is 54.2 Å².